The molecule has 25 heavy (non-hydrogen) atoms. The normalized spacial score (nSPS) is 24.2. The molecule has 142 valence electrons. The average Bonchev–Trinajstić information content (AvgIpc) is 2.98. The van der Waals surface area contributed by atoms with Crippen molar-refractivity contribution in [1.82, 2.24) is 10.2 Å². The van der Waals surface area contributed by atoms with Crippen molar-refractivity contribution >= 4 is 36.4 Å². The Morgan fingerprint density at radius 2 is 1.88 bits per heavy atom. The lowest BCUT2D eigenvalue weighted by Crippen LogP contribution is -2.35. The Labute approximate surface area is 162 Å². The minimum Gasteiger partial charge on any atom is -0.392 e. The minimum absolute atomic E-state index is 0. The van der Waals surface area contributed by atoms with E-state index in [2.05, 4.69) is 34.6 Å². The number of aliphatic hydroxyl groups is 1. The maximum absolute atomic E-state index is 12.1. The second-order valence-corrected chi connectivity index (χ2v) is 7.00. The van der Waals surface area contributed by atoms with Gasteiger partial charge >= 0.3 is 0 Å². The number of nitrogens with zero attached hydrogens (tertiary/aromatic N) is 1. The first kappa shape index (κ1) is 22.2. The number of likely N-dealkylation sites (tertiary alicyclic amines) is 1. The van der Waals surface area contributed by atoms with Crippen LogP contribution >= 0.6 is 24.8 Å². The highest BCUT2D eigenvalue weighted by Gasteiger charge is 2.27. The molecule has 0 aromatic heterocycles. The first-order valence-corrected chi connectivity index (χ1v) is 8.64. The number of hydrogen-bond donors (Lipinski definition) is 3. The molecule has 0 saturated carbocycles. The monoisotopic (exact) mass is 389 g/mol. The van der Waals surface area contributed by atoms with Crippen LogP contribution in [0.4, 0.5) is 5.69 Å². The second-order valence-electron chi connectivity index (χ2n) is 7.00. The van der Waals surface area contributed by atoms with E-state index in [1.54, 1.807) is 0 Å². The van der Waals surface area contributed by atoms with Crippen LogP contribution in [0.3, 0.4) is 0 Å². The Kier molecular flexibility index (Phi) is 9.17. The van der Waals surface area contributed by atoms with Gasteiger partial charge in [-0.1, -0.05) is 19.1 Å². The SMILES string of the molecule is CC1CCN(Cc2ccc(NC(=O)C3CC(O)CN3)cc2)CC1.Cl.Cl. The Bertz CT molecular complexity index is 534. The van der Waals surface area contributed by atoms with Crippen molar-refractivity contribution in [3.05, 3.63) is 29.8 Å². The van der Waals surface area contributed by atoms with Gasteiger partial charge < -0.3 is 15.7 Å². The van der Waals surface area contributed by atoms with Gasteiger partial charge in [0.1, 0.15) is 0 Å². The summed E-state index contributed by atoms with van der Waals surface area (Å²) in [4.78, 5) is 14.6. The van der Waals surface area contributed by atoms with Crippen molar-refractivity contribution in [1.29, 1.82) is 0 Å². The summed E-state index contributed by atoms with van der Waals surface area (Å²) in [6, 6.07) is 7.81. The highest BCUT2D eigenvalue weighted by molar-refractivity contribution is 5.95. The number of carbonyl (C=O) groups is 1. The molecule has 2 aliphatic rings. The van der Waals surface area contributed by atoms with Crippen LogP contribution in [0.15, 0.2) is 24.3 Å². The lowest BCUT2D eigenvalue weighted by Gasteiger charge is -2.30. The molecule has 2 fully saturated rings. The molecule has 0 spiro atoms. The summed E-state index contributed by atoms with van der Waals surface area (Å²) in [6.45, 7) is 6.15. The topological polar surface area (TPSA) is 64.6 Å². The van der Waals surface area contributed by atoms with E-state index in [-0.39, 0.29) is 36.8 Å². The number of rotatable bonds is 4. The molecule has 2 heterocycles. The smallest absolute Gasteiger partial charge is 0.241 e. The van der Waals surface area contributed by atoms with Crippen LogP contribution < -0.4 is 10.6 Å². The molecule has 2 saturated heterocycles. The van der Waals surface area contributed by atoms with E-state index in [0.29, 0.717) is 13.0 Å². The van der Waals surface area contributed by atoms with E-state index >= 15 is 0 Å². The summed E-state index contributed by atoms with van der Waals surface area (Å²) >= 11 is 0. The molecule has 2 atom stereocenters. The van der Waals surface area contributed by atoms with E-state index in [4.69, 9.17) is 0 Å². The number of β-amino-alcohol motifs (C(OH)–C–C–N with tert-alkyl or cyclic N) is 1. The summed E-state index contributed by atoms with van der Waals surface area (Å²) in [5.74, 6) is 0.783. The number of benzene rings is 1. The first-order valence-electron chi connectivity index (χ1n) is 8.64. The van der Waals surface area contributed by atoms with Gasteiger partial charge in [0.05, 0.1) is 12.1 Å². The number of amides is 1. The lowest BCUT2D eigenvalue weighted by atomic mass is 9.99. The van der Waals surface area contributed by atoms with E-state index in [0.717, 1.165) is 18.2 Å². The Hall–Kier alpha value is -0.850. The predicted molar refractivity (Wildman–Crippen MR) is 106 cm³/mol. The molecule has 3 N–H and O–H groups in total. The van der Waals surface area contributed by atoms with Gasteiger partial charge in [-0.25, -0.2) is 0 Å². The molecule has 0 bridgehead atoms. The summed E-state index contributed by atoms with van der Waals surface area (Å²) < 4.78 is 0. The number of aliphatic hydroxyl groups excluding tert-OH is 1. The van der Waals surface area contributed by atoms with Crippen molar-refractivity contribution in [2.75, 3.05) is 25.0 Å². The molecule has 1 amide bonds. The van der Waals surface area contributed by atoms with Crippen molar-refractivity contribution in [2.45, 2.75) is 44.9 Å². The number of hydrogen-bond acceptors (Lipinski definition) is 4. The first-order chi connectivity index (χ1) is 11.1. The number of piperidine rings is 1. The van der Waals surface area contributed by atoms with E-state index in [1.165, 1.54) is 31.5 Å². The standard InChI is InChI=1S/C18H27N3O2.2ClH/c1-13-6-8-21(9-7-13)12-14-2-4-15(5-3-14)20-18(23)17-10-16(22)11-19-17;;/h2-5,13,16-17,19,22H,6-12H2,1H3,(H,20,23);2*1H. The summed E-state index contributed by atoms with van der Waals surface area (Å²) in [6.07, 6.45) is 2.64. The van der Waals surface area contributed by atoms with Gasteiger partial charge in [-0.15, -0.1) is 24.8 Å². The molecule has 0 radical (unpaired) electrons. The minimum atomic E-state index is -0.416. The third kappa shape index (κ3) is 6.42. The van der Waals surface area contributed by atoms with Crippen LogP contribution in [0, 0.1) is 5.92 Å². The predicted octanol–water partition coefficient (Wildman–Crippen LogP) is 2.42. The third-order valence-corrected chi connectivity index (χ3v) is 4.93. The number of halogens is 2. The molecule has 0 aliphatic carbocycles. The maximum atomic E-state index is 12.1. The molecule has 2 aliphatic heterocycles. The summed E-state index contributed by atoms with van der Waals surface area (Å²) in [5.41, 5.74) is 2.10. The Balaban J connectivity index is 0.00000156. The van der Waals surface area contributed by atoms with Gasteiger partial charge in [-0.2, -0.15) is 0 Å². The van der Waals surface area contributed by atoms with Crippen molar-refractivity contribution in [3.63, 3.8) is 0 Å². The van der Waals surface area contributed by atoms with Gasteiger partial charge in [0.25, 0.3) is 0 Å². The molecule has 1 aromatic carbocycles. The zero-order chi connectivity index (χ0) is 16.2. The van der Waals surface area contributed by atoms with Crippen molar-refractivity contribution < 1.29 is 9.90 Å². The maximum Gasteiger partial charge on any atom is 0.241 e. The molecule has 1 aromatic rings. The van der Waals surface area contributed by atoms with Gasteiger partial charge in [0, 0.05) is 18.8 Å². The highest BCUT2D eigenvalue weighted by atomic mass is 35.5. The van der Waals surface area contributed by atoms with E-state index in [1.807, 2.05) is 12.1 Å². The number of carbonyl (C=O) groups excluding carboxylic acids is 1. The van der Waals surface area contributed by atoms with Crippen LogP contribution in [-0.4, -0.2) is 47.7 Å². The Morgan fingerprint density at radius 1 is 1.24 bits per heavy atom. The third-order valence-electron chi connectivity index (χ3n) is 4.93. The van der Waals surface area contributed by atoms with Crippen LogP contribution in [0.25, 0.3) is 0 Å². The van der Waals surface area contributed by atoms with Gasteiger partial charge in [0.2, 0.25) is 5.91 Å². The van der Waals surface area contributed by atoms with Gasteiger partial charge in [-0.3, -0.25) is 9.69 Å². The molecular weight excluding hydrogens is 361 g/mol. The molecular formula is C18H29Cl2N3O2. The van der Waals surface area contributed by atoms with Crippen LogP contribution in [-0.2, 0) is 11.3 Å². The van der Waals surface area contributed by atoms with Crippen LogP contribution in [0.5, 0.6) is 0 Å². The van der Waals surface area contributed by atoms with E-state index in [9.17, 15) is 9.90 Å². The zero-order valence-corrected chi connectivity index (χ0v) is 16.2. The van der Waals surface area contributed by atoms with Gasteiger partial charge in [-0.05, 0) is 56.0 Å². The number of nitrogens with one attached hydrogen (secondary N) is 2. The van der Waals surface area contributed by atoms with Crippen LogP contribution in [0.1, 0.15) is 31.7 Å². The van der Waals surface area contributed by atoms with Crippen molar-refractivity contribution in [3.8, 4) is 0 Å². The molecule has 2 unspecified atom stereocenters. The summed E-state index contributed by atoms with van der Waals surface area (Å²) in [7, 11) is 0. The largest absolute Gasteiger partial charge is 0.392 e. The fourth-order valence-corrected chi connectivity index (χ4v) is 3.32. The summed E-state index contributed by atoms with van der Waals surface area (Å²) in [5, 5.41) is 15.4. The van der Waals surface area contributed by atoms with Crippen LogP contribution in [0.2, 0.25) is 0 Å². The fourth-order valence-electron chi connectivity index (χ4n) is 3.32. The van der Waals surface area contributed by atoms with Gasteiger partial charge in [0.15, 0.2) is 0 Å². The van der Waals surface area contributed by atoms with Crippen molar-refractivity contribution in [2.24, 2.45) is 5.92 Å². The average molecular weight is 390 g/mol. The fraction of sp³-hybridized carbons (Fsp3) is 0.611. The molecule has 7 heteroatoms. The second kappa shape index (κ2) is 10.3. The lowest BCUT2D eigenvalue weighted by molar-refractivity contribution is -0.117. The van der Waals surface area contributed by atoms with E-state index < -0.39 is 6.10 Å². The number of anilines is 1. The zero-order valence-electron chi connectivity index (χ0n) is 14.6. The highest BCUT2D eigenvalue weighted by Crippen LogP contribution is 2.19. The molecule has 5 nitrogen and oxygen atoms in total. The Morgan fingerprint density at radius 3 is 2.44 bits per heavy atom. The quantitative estimate of drug-likeness (QED) is 0.739. The molecule has 3 rings (SSSR count).